The highest BCUT2D eigenvalue weighted by Crippen LogP contribution is 2.44. The smallest absolute Gasteiger partial charge is 0.469 e. The minimum absolute atomic E-state index is 0.0470. The number of nitrogens with zero attached hydrogens (tertiary/aromatic N) is 1. The molecule has 12 heteroatoms. The lowest BCUT2D eigenvalue weighted by molar-refractivity contribution is -0.760. The van der Waals surface area contributed by atoms with Crippen molar-refractivity contribution < 1.29 is 42.1 Å². The van der Waals surface area contributed by atoms with Crippen LogP contribution in [0.3, 0.4) is 0 Å². The van der Waals surface area contributed by atoms with E-state index in [-0.39, 0.29) is 19.0 Å². The van der Waals surface area contributed by atoms with Gasteiger partial charge in [0.2, 0.25) is 0 Å². The van der Waals surface area contributed by atoms with Gasteiger partial charge in [-0.05, 0) is 37.1 Å². The largest absolute Gasteiger partial charge is 0.508 e. The molecule has 0 bridgehead atoms. The van der Waals surface area contributed by atoms with Gasteiger partial charge in [0.15, 0.2) is 0 Å². The average molecular weight is 468 g/mol. The Morgan fingerprint density at radius 1 is 1.26 bits per heavy atom. The van der Waals surface area contributed by atoms with Crippen LogP contribution in [0, 0.1) is 29.4 Å². The second-order valence-corrected chi connectivity index (χ2v) is 8.23. The van der Waals surface area contributed by atoms with Gasteiger partial charge >= 0.3 is 12.3 Å². The molecular weight excluding hydrogens is 447 g/mol. The summed E-state index contributed by atoms with van der Waals surface area (Å²) in [5.41, 5.74) is -2.41. The van der Waals surface area contributed by atoms with Crippen molar-refractivity contribution in [3.8, 4) is 5.75 Å². The van der Waals surface area contributed by atoms with Gasteiger partial charge in [-0.25, -0.2) is 4.79 Å². The molecule has 0 saturated heterocycles. The number of benzene rings is 1. The molecule has 0 spiro atoms. The molecule has 2 rings (SSSR count). The number of halogens is 4. The number of carbonyl (C=O) groups excluding carboxylic acids is 1. The van der Waals surface area contributed by atoms with E-state index in [2.05, 4.69) is 9.57 Å². The lowest BCUT2D eigenvalue weighted by Gasteiger charge is -2.36. The standard InChI is InChI=1S/C19H21ClF3NO7/c1-11-7-14-13(12(2)15(11)20)5-6-18(31-14,19(21,22)23)10-29-16(25)28-8-17(3,4)9-30-24(26)27/h5-7H,8-10H2,1-4H3. The predicted octanol–water partition coefficient (Wildman–Crippen LogP) is 5.05. The number of aryl methyl sites for hydroxylation is 1. The first-order chi connectivity index (χ1) is 14.2. The summed E-state index contributed by atoms with van der Waals surface area (Å²) in [7, 11) is 0. The zero-order valence-corrected chi connectivity index (χ0v) is 17.9. The lowest BCUT2D eigenvalue weighted by Crippen LogP contribution is -2.53. The number of rotatable bonds is 7. The quantitative estimate of drug-likeness (QED) is 0.314. The van der Waals surface area contributed by atoms with Crippen molar-refractivity contribution in [1.29, 1.82) is 0 Å². The molecule has 8 nitrogen and oxygen atoms in total. The molecule has 1 heterocycles. The molecule has 1 aromatic rings. The number of alkyl halides is 3. The maximum Gasteiger partial charge on any atom is 0.508 e. The molecule has 1 aliphatic heterocycles. The van der Waals surface area contributed by atoms with E-state index in [0.29, 0.717) is 21.7 Å². The molecule has 0 radical (unpaired) electrons. The summed E-state index contributed by atoms with van der Waals surface area (Å²) in [5.74, 6) is -0.0470. The topological polar surface area (TPSA) is 97.1 Å². The van der Waals surface area contributed by atoms with E-state index in [1.54, 1.807) is 13.8 Å². The number of hydrogen-bond donors (Lipinski definition) is 0. The number of fused-ring (bicyclic) bond motifs is 1. The zero-order chi connectivity index (χ0) is 23.6. The molecule has 1 aromatic carbocycles. The highest BCUT2D eigenvalue weighted by atomic mass is 35.5. The van der Waals surface area contributed by atoms with Gasteiger partial charge in [-0.15, -0.1) is 10.1 Å². The summed E-state index contributed by atoms with van der Waals surface area (Å²) in [6.45, 7) is 4.32. The molecule has 1 unspecified atom stereocenters. The van der Waals surface area contributed by atoms with Gasteiger partial charge in [-0.2, -0.15) is 13.2 Å². The van der Waals surface area contributed by atoms with Crippen LogP contribution in [0.2, 0.25) is 5.02 Å². The maximum atomic E-state index is 13.9. The lowest BCUT2D eigenvalue weighted by atomic mass is 9.95. The second kappa shape index (κ2) is 8.81. The molecule has 0 aromatic heterocycles. The van der Waals surface area contributed by atoms with Crippen LogP contribution >= 0.6 is 11.6 Å². The van der Waals surface area contributed by atoms with Gasteiger partial charge in [-0.1, -0.05) is 31.5 Å². The Labute approximate surface area is 181 Å². The van der Waals surface area contributed by atoms with Crippen LogP contribution in [-0.2, 0) is 14.3 Å². The van der Waals surface area contributed by atoms with Gasteiger partial charge in [0.05, 0.1) is 0 Å². The monoisotopic (exact) mass is 467 g/mol. The normalized spacial score (nSPS) is 18.1. The fraction of sp³-hybridized carbons (Fsp3) is 0.526. The van der Waals surface area contributed by atoms with E-state index in [0.717, 1.165) is 6.08 Å². The first-order valence-electron chi connectivity index (χ1n) is 8.99. The van der Waals surface area contributed by atoms with Crippen LogP contribution in [0.1, 0.15) is 30.5 Å². The maximum absolute atomic E-state index is 13.9. The molecule has 0 amide bonds. The molecule has 0 saturated carbocycles. The van der Waals surface area contributed by atoms with Crippen LogP contribution in [0.25, 0.3) is 6.08 Å². The number of carbonyl (C=O) groups is 1. The Morgan fingerprint density at radius 3 is 2.48 bits per heavy atom. The van der Waals surface area contributed by atoms with Crippen LogP contribution in [0.15, 0.2) is 12.1 Å². The van der Waals surface area contributed by atoms with E-state index in [1.807, 2.05) is 0 Å². The number of hydrogen-bond acceptors (Lipinski definition) is 7. The van der Waals surface area contributed by atoms with E-state index in [1.165, 1.54) is 26.0 Å². The highest BCUT2D eigenvalue weighted by molar-refractivity contribution is 6.32. The van der Waals surface area contributed by atoms with E-state index in [4.69, 9.17) is 21.1 Å². The van der Waals surface area contributed by atoms with E-state index >= 15 is 0 Å². The number of ether oxygens (including phenoxy) is 3. The summed E-state index contributed by atoms with van der Waals surface area (Å²) >= 11 is 6.15. The minimum Gasteiger partial charge on any atom is -0.469 e. The van der Waals surface area contributed by atoms with E-state index in [9.17, 15) is 28.1 Å². The Balaban J connectivity index is 2.11. The Hall–Kier alpha value is -2.69. The third-order valence-electron chi connectivity index (χ3n) is 4.53. The molecule has 1 aliphatic rings. The summed E-state index contributed by atoms with van der Waals surface area (Å²) in [6.07, 6.45) is -4.32. The summed E-state index contributed by atoms with van der Waals surface area (Å²) in [5, 5.41) is 9.66. The Bertz CT molecular complexity index is 901. The van der Waals surface area contributed by atoms with E-state index < -0.39 is 35.0 Å². The van der Waals surface area contributed by atoms with Crippen molar-refractivity contribution in [3.05, 3.63) is 44.0 Å². The second-order valence-electron chi connectivity index (χ2n) is 7.86. The fourth-order valence-electron chi connectivity index (χ4n) is 2.72. The van der Waals surface area contributed by atoms with Gasteiger partial charge in [0.1, 0.15) is 25.6 Å². The zero-order valence-electron chi connectivity index (χ0n) is 17.2. The SMILES string of the molecule is Cc1cc2c(c(C)c1Cl)C=CC(COC(=O)OCC(C)(C)CO[N+](=O)[O-])(C(F)(F)F)O2. The highest BCUT2D eigenvalue weighted by Gasteiger charge is 2.58. The molecular formula is C19H21ClF3NO7. The molecule has 31 heavy (non-hydrogen) atoms. The van der Waals surface area contributed by atoms with Crippen LogP contribution < -0.4 is 4.74 Å². The Kier molecular flexibility index (Phi) is 6.99. The fourth-order valence-corrected chi connectivity index (χ4v) is 2.88. The van der Waals surface area contributed by atoms with Crippen LogP contribution in [0.4, 0.5) is 18.0 Å². The van der Waals surface area contributed by atoms with Gasteiger partial charge in [0.25, 0.3) is 10.7 Å². The third kappa shape index (κ3) is 5.72. The first kappa shape index (κ1) is 24.6. The van der Waals surface area contributed by atoms with Gasteiger partial charge in [0, 0.05) is 16.0 Å². The minimum atomic E-state index is -4.91. The van der Waals surface area contributed by atoms with Crippen molar-refractivity contribution in [1.82, 2.24) is 0 Å². The predicted molar refractivity (Wildman–Crippen MR) is 103 cm³/mol. The van der Waals surface area contributed by atoms with Crippen LogP contribution in [0.5, 0.6) is 5.75 Å². The molecule has 1 atom stereocenters. The van der Waals surface area contributed by atoms with Crippen molar-refractivity contribution >= 4 is 23.8 Å². The van der Waals surface area contributed by atoms with Gasteiger partial charge < -0.3 is 19.0 Å². The van der Waals surface area contributed by atoms with Crippen molar-refractivity contribution in [2.75, 3.05) is 19.8 Å². The molecule has 0 N–H and O–H groups in total. The summed E-state index contributed by atoms with van der Waals surface area (Å²) < 4.78 is 56.3. The van der Waals surface area contributed by atoms with Crippen molar-refractivity contribution in [2.45, 2.75) is 39.5 Å². The third-order valence-corrected chi connectivity index (χ3v) is 5.11. The molecule has 0 aliphatic carbocycles. The first-order valence-corrected chi connectivity index (χ1v) is 9.37. The van der Waals surface area contributed by atoms with Crippen LogP contribution in [-0.4, -0.2) is 42.8 Å². The summed E-state index contributed by atoms with van der Waals surface area (Å²) in [4.78, 5) is 26.3. The average Bonchev–Trinajstić information content (AvgIpc) is 2.66. The van der Waals surface area contributed by atoms with Crippen molar-refractivity contribution in [3.63, 3.8) is 0 Å². The Morgan fingerprint density at radius 2 is 1.90 bits per heavy atom. The van der Waals surface area contributed by atoms with Crippen molar-refractivity contribution in [2.24, 2.45) is 5.41 Å². The summed E-state index contributed by atoms with van der Waals surface area (Å²) in [6, 6.07) is 1.38. The molecule has 172 valence electrons. The van der Waals surface area contributed by atoms with Gasteiger partial charge in [-0.3, -0.25) is 0 Å². The molecule has 0 fully saturated rings.